The van der Waals surface area contributed by atoms with Gasteiger partial charge in [0.1, 0.15) is 6.04 Å². The van der Waals surface area contributed by atoms with Crippen molar-refractivity contribution in [2.24, 2.45) is 0 Å². The molecule has 0 heterocycles. The SMILES string of the molecule is CCCCCCCC=CC(=O)N[C@@H](CCC(=O)O)C(=O)O. The van der Waals surface area contributed by atoms with Crippen molar-refractivity contribution in [2.45, 2.75) is 64.3 Å². The van der Waals surface area contributed by atoms with E-state index in [2.05, 4.69) is 12.2 Å². The van der Waals surface area contributed by atoms with E-state index in [1.165, 1.54) is 25.3 Å². The van der Waals surface area contributed by atoms with Gasteiger partial charge >= 0.3 is 11.9 Å². The van der Waals surface area contributed by atoms with Crippen molar-refractivity contribution in [1.82, 2.24) is 5.32 Å². The Kier molecular flexibility index (Phi) is 10.9. The number of nitrogens with one attached hydrogen (secondary N) is 1. The van der Waals surface area contributed by atoms with Crippen LogP contribution < -0.4 is 5.32 Å². The average Bonchev–Trinajstić information content (AvgIpc) is 2.41. The molecule has 0 aromatic carbocycles. The molecule has 1 atom stereocenters. The number of carboxylic acid groups (broad SMARTS) is 2. The number of rotatable bonds is 12. The zero-order valence-corrected chi connectivity index (χ0v) is 12.5. The van der Waals surface area contributed by atoms with Crippen LogP contribution in [0, 0.1) is 0 Å². The Balaban J connectivity index is 3.96. The molecule has 6 heteroatoms. The van der Waals surface area contributed by atoms with Crippen LogP contribution in [0.3, 0.4) is 0 Å². The third-order valence-corrected chi connectivity index (χ3v) is 3.01. The minimum Gasteiger partial charge on any atom is -0.481 e. The molecular formula is C15H25NO5. The molecule has 0 unspecified atom stereocenters. The molecule has 0 radical (unpaired) electrons. The summed E-state index contributed by atoms with van der Waals surface area (Å²) >= 11 is 0. The van der Waals surface area contributed by atoms with Gasteiger partial charge < -0.3 is 15.5 Å². The standard InChI is InChI=1S/C15H25NO5/c1-2-3-4-5-6-7-8-9-13(17)16-12(15(20)21)10-11-14(18)19/h8-9,12H,2-7,10-11H2,1H3,(H,16,17)(H,18,19)(H,20,21)/t12-/m0/s1. The molecule has 0 bridgehead atoms. The van der Waals surface area contributed by atoms with Gasteiger partial charge in [-0.05, 0) is 25.3 Å². The number of allylic oxidation sites excluding steroid dienone is 1. The van der Waals surface area contributed by atoms with E-state index < -0.39 is 23.9 Å². The molecule has 0 spiro atoms. The van der Waals surface area contributed by atoms with Crippen molar-refractivity contribution >= 4 is 17.8 Å². The number of aliphatic carboxylic acids is 2. The summed E-state index contributed by atoms with van der Waals surface area (Å²) < 4.78 is 0. The van der Waals surface area contributed by atoms with E-state index in [-0.39, 0.29) is 12.8 Å². The summed E-state index contributed by atoms with van der Waals surface area (Å²) in [5.41, 5.74) is 0. The molecule has 0 aliphatic rings. The van der Waals surface area contributed by atoms with Gasteiger partial charge in [0.25, 0.3) is 0 Å². The maximum atomic E-state index is 11.5. The van der Waals surface area contributed by atoms with Gasteiger partial charge in [0.2, 0.25) is 5.91 Å². The molecule has 3 N–H and O–H groups in total. The zero-order valence-electron chi connectivity index (χ0n) is 12.5. The summed E-state index contributed by atoms with van der Waals surface area (Å²) in [6, 6.07) is -1.16. The first kappa shape index (κ1) is 19.1. The van der Waals surface area contributed by atoms with E-state index in [9.17, 15) is 14.4 Å². The van der Waals surface area contributed by atoms with Crippen molar-refractivity contribution in [3.63, 3.8) is 0 Å². The summed E-state index contributed by atoms with van der Waals surface area (Å²) in [5, 5.41) is 19.7. The maximum absolute atomic E-state index is 11.5. The van der Waals surface area contributed by atoms with Crippen molar-refractivity contribution in [3.05, 3.63) is 12.2 Å². The van der Waals surface area contributed by atoms with Gasteiger partial charge in [-0.1, -0.05) is 38.7 Å². The molecule has 0 fully saturated rings. The number of hydrogen-bond acceptors (Lipinski definition) is 3. The fourth-order valence-electron chi connectivity index (χ4n) is 1.80. The van der Waals surface area contributed by atoms with Crippen molar-refractivity contribution in [1.29, 1.82) is 0 Å². The molecule has 0 saturated heterocycles. The van der Waals surface area contributed by atoms with Crippen LogP contribution in [-0.2, 0) is 14.4 Å². The predicted molar refractivity (Wildman–Crippen MR) is 79.0 cm³/mol. The second kappa shape index (κ2) is 11.9. The molecule has 0 aromatic rings. The second-order valence-corrected chi connectivity index (χ2v) is 4.94. The van der Waals surface area contributed by atoms with Crippen LogP contribution in [0.15, 0.2) is 12.2 Å². The number of carbonyl (C=O) groups excluding carboxylic acids is 1. The normalized spacial score (nSPS) is 12.2. The molecule has 1 amide bonds. The summed E-state index contributed by atoms with van der Waals surface area (Å²) in [6.07, 6.45) is 9.12. The van der Waals surface area contributed by atoms with Gasteiger partial charge in [-0.25, -0.2) is 4.79 Å². The molecule has 0 aromatic heterocycles. The molecule has 0 aliphatic carbocycles. The van der Waals surface area contributed by atoms with Crippen LogP contribution >= 0.6 is 0 Å². The summed E-state index contributed by atoms with van der Waals surface area (Å²) in [6.45, 7) is 2.15. The summed E-state index contributed by atoms with van der Waals surface area (Å²) in [4.78, 5) is 32.8. The van der Waals surface area contributed by atoms with Crippen LogP contribution in [0.1, 0.15) is 58.3 Å². The Morgan fingerprint density at radius 2 is 1.76 bits per heavy atom. The lowest BCUT2D eigenvalue weighted by Gasteiger charge is -2.11. The first-order chi connectivity index (χ1) is 9.97. The first-order valence-corrected chi connectivity index (χ1v) is 7.39. The molecule has 0 aliphatic heterocycles. The number of carboxylic acids is 2. The van der Waals surface area contributed by atoms with Gasteiger partial charge in [0.15, 0.2) is 0 Å². The molecule has 0 rings (SSSR count). The topological polar surface area (TPSA) is 104 Å². The lowest BCUT2D eigenvalue weighted by atomic mass is 10.1. The third kappa shape index (κ3) is 11.7. The minimum atomic E-state index is -1.22. The number of hydrogen-bond donors (Lipinski definition) is 3. The van der Waals surface area contributed by atoms with Crippen LogP contribution in [0.2, 0.25) is 0 Å². The van der Waals surface area contributed by atoms with Gasteiger partial charge in [0.05, 0.1) is 0 Å². The highest BCUT2D eigenvalue weighted by Gasteiger charge is 2.19. The van der Waals surface area contributed by atoms with Crippen LogP contribution in [0.5, 0.6) is 0 Å². The van der Waals surface area contributed by atoms with Crippen molar-refractivity contribution < 1.29 is 24.6 Å². The number of carbonyl (C=O) groups is 3. The Bertz CT molecular complexity index is 365. The van der Waals surface area contributed by atoms with E-state index in [0.717, 1.165) is 19.3 Å². The quantitative estimate of drug-likeness (QED) is 0.379. The Labute approximate surface area is 125 Å². The second-order valence-electron chi connectivity index (χ2n) is 4.94. The molecule has 6 nitrogen and oxygen atoms in total. The van der Waals surface area contributed by atoms with Gasteiger partial charge in [-0.15, -0.1) is 0 Å². The molecular weight excluding hydrogens is 274 g/mol. The zero-order chi connectivity index (χ0) is 16.1. The van der Waals surface area contributed by atoms with E-state index in [1.807, 2.05) is 0 Å². The minimum absolute atomic E-state index is 0.124. The highest BCUT2D eigenvalue weighted by Crippen LogP contribution is 2.05. The van der Waals surface area contributed by atoms with Crippen molar-refractivity contribution in [3.8, 4) is 0 Å². The molecule has 21 heavy (non-hydrogen) atoms. The monoisotopic (exact) mass is 299 g/mol. The van der Waals surface area contributed by atoms with Crippen LogP contribution in [0.25, 0.3) is 0 Å². The molecule has 120 valence electrons. The van der Waals surface area contributed by atoms with Crippen LogP contribution in [-0.4, -0.2) is 34.1 Å². The van der Waals surface area contributed by atoms with Crippen LogP contribution in [0.4, 0.5) is 0 Å². The Hall–Kier alpha value is -1.85. The van der Waals surface area contributed by atoms with E-state index in [1.54, 1.807) is 6.08 Å². The van der Waals surface area contributed by atoms with Crippen molar-refractivity contribution in [2.75, 3.05) is 0 Å². The first-order valence-electron chi connectivity index (χ1n) is 7.39. The fraction of sp³-hybridized carbons (Fsp3) is 0.667. The smallest absolute Gasteiger partial charge is 0.326 e. The van der Waals surface area contributed by atoms with E-state index in [4.69, 9.17) is 10.2 Å². The van der Waals surface area contributed by atoms with E-state index >= 15 is 0 Å². The summed E-state index contributed by atoms with van der Waals surface area (Å²) in [5.74, 6) is -2.81. The lowest BCUT2D eigenvalue weighted by molar-refractivity contribution is -0.142. The highest BCUT2D eigenvalue weighted by molar-refractivity contribution is 5.91. The predicted octanol–water partition coefficient (Wildman–Crippen LogP) is 2.34. The van der Waals surface area contributed by atoms with E-state index in [0.29, 0.717) is 0 Å². The average molecular weight is 299 g/mol. The third-order valence-electron chi connectivity index (χ3n) is 3.01. The van der Waals surface area contributed by atoms with Gasteiger partial charge in [-0.3, -0.25) is 9.59 Å². The lowest BCUT2D eigenvalue weighted by Crippen LogP contribution is -2.40. The maximum Gasteiger partial charge on any atom is 0.326 e. The Morgan fingerprint density at radius 1 is 1.10 bits per heavy atom. The largest absolute Gasteiger partial charge is 0.481 e. The highest BCUT2D eigenvalue weighted by atomic mass is 16.4. The van der Waals surface area contributed by atoms with Gasteiger partial charge in [0, 0.05) is 6.42 Å². The number of amides is 1. The fourth-order valence-corrected chi connectivity index (χ4v) is 1.80. The Morgan fingerprint density at radius 3 is 2.33 bits per heavy atom. The summed E-state index contributed by atoms with van der Waals surface area (Å²) in [7, 11) is 0. The molecule has 0 saturated carbocycles. The van der Waals surface area contributed by atoms with Gasteiger partial charge in [-0.2, -0.15) is 0 Å². The number of unbranched alkanes of at least 4 members (excludes halogenated alkanes) is 5.